The lowest BCUT2D eigenvalue weighted by atomic mass is 9.94. The summed E-state index contributed by atoms with van der Waals surface area (Å²) in [4.78, 5) is 45.2. The van der Waals surface area contributed by atoms with E-state index in [2.05, 4.69) is 10.3 Å². The number of nitrogens with one attached hydrogen (secondary N) is 1. The molecule has 7 nitrogen and oxygen atoms in total. The molecule has 0 radical (unpaired) electrons. The van der Waals surface area contributed by atoms with Crippen LogP contribution in [0.2, 0.25) is 0 Å². The quantitative estimate of drug-likeness (QED) is 0.841. The van der Waals surface area contributed by atoms with Crippen LogP contribution in [0.5, 0.6) is 0 Å². The van der Waals surface area contributed by atoms with Crippen LogP contribution in [0.1, 0.15) is 55.3 Å². The summed E-state index contributed by atoms with van der Waals surface area (Å²) in [6, 6.07) is 3.53. The Bertz CT molecular complexity index is 671. The molecule has 1 aromatic heterocycles. The summed E-state index contributed by atoms with van der Waals surface area (Å²) < 4.78 is 0. The maximum atomic E-state index is 13.0. The van der Waals surface area contributed by atoms with Gasteiger partial charge in [0.15, 0.2) is 0 Å². The average molecular weight is 386 g/mol. The standard InChI is InChI=1S/C21H30N4O3/c26-19-9-15-24(12-4-2-1-3-11-23-19)20(27)17-7-13-25(14-8-17)21(28)18-6-5-10-22-16-18/h5-6,10,16-17H,1-4,7-9,11-15H2,(H,23,26). The zero-order chi connectivity index (χ0) is 19.8. The molecule has 3 amide bonds. The zero-order valence-electron chi connectivity index (χ0n) is 16.4. The second-order valence-electron chi connectivity index (χ2n) is 7.65. The maximum absolute atomic E-state index is 13.0. The largest absolute Gasteiger partial charge is 0.356 e. The molecule has 3 heterocycles. The molecular weight excluding hydrogens is 356 g/mol. The molecule has 2 saturated heterocycles. The minimum Gasteiger partial charge on any atom is -0.356 e. The summed E-state index contributed by atoms with van der Waals surface area (Å²) in [7, 11) is 0. The zero-order valence-corrected chi connectivity index (χ0v) is 16.4. The second kappa shape index (κ2) is 10.2. The van der Waals surface area contributed by atoms with E-state index in [0.29, 0.717) is 44.5 Å². The third-order valence-electron chi connectivity index (χ3n) is 5.64. The first-order chi connectivity index (χ1) is 13.6. The van der Waals surface area contributed by atoms with Crippen LogP contribution in [-0.2, 0) is 9.59 Å². The van der Waals surface area contributed by atoms with Crippen molar-refractivity contribution in [3.8, 4) is 0 Å². The van der Waals surface area contributed by atoms with E-state index in [1.807, 2.05) is 4.90 Å². The first kappa shape index (κ1) is 20.3. The van der Waals surface area contributed by atoms with Gasteiger partial charge in [0, 0.05) is 57.5 Å². The Balaban J connectivity index is 1.54. The van der Waals surface area contributed by atoms with Gasteiger partial charge in [0.1, 0.15) is 0 Å². The van der Waals surface area contributed by atoms with Crippen LogP contribution in [0, 0.1) is 5.92 Å². The minimum absolute atomic E-state index is 0.0223. The number of hydrogen-bond donors (Lipinski definition) is 1. The Kier molecular flexibility index (Phi) is 7.39. The van der Waals surface area contributed by atoms with Crippen LogP contribution in [0.15, 0.2) is 24.5 Å². The number of nitrogens with zero attached hydrogens (tertiary/aromatic N) is 3. The van der Waals surface area contributed by atoms with E-state index in [1.54, 1.807) is 29.4 Å². The number of amides is 3. The molecule has 0 unspecified atom stereocenters. The lowest BCUT2D eigenvalue weighted by Gasteiger charge is -2.34. The van der Waals surface area contributed by atoms with Gasteiger partial charge >= 0.3 is 0 Å². The Hall–Kier alpha value is -2.44. The first-order valence-corrected chi connectivity index (χ1v) is 10.4. The van der Waals surface area contributed by atoms with Crippen LogP contribution in [0.25, 0.3) is 0 Å². The SMILES string of the molecule is O=C1CCN(C(=O)C2CCN(C(=O)c3cccnc3)CC2)CCCCCCN1. The Morgan fingerprint density at radius 2 is 1.79 bits per heavy atom. The van der Waals surface area contributed by atoms with Gasteiger partial charge in [-0.15, -0.1) is 0 Å². The predicted molar refractivity (Wildman–Crippen MR) is 106 cm³/mol. The Morgan fingerprint density at radius 3 is 2.54 bits per heavy atom. The molecule has 2 fully saturated rings. The van der Waals surface area contributed by atoms with Gasteiger partial charge in [0.2, 0.25) is 11.8 Å². The van der Waals surface area contributed by atoms with Crippen LogP contribution in [0.4, 0.5) is 0 Å². The van der Waals surface area contributed by atoms with Crippen molar-refractivity contribution < 1.29 is 14.4 Å². The molecule has 0 aromatic carbocycles. The molecule has 0 saturated carbocycles. The molecule has 0 atom stereocenters. The van der Waals surface area contributed by atoms with Crippen LogP contribution < -0.4 is 5.32 Å². The molecule has 0 spiro atoms. The van der Waals surface area contributed by atoms with Crippen molar-refractivity contribution in [2.75, 3.05) is 32.7 Å². The van der Waals surface area contributed by atoms with Gasteiger partial charge in [0.05, 0.1) is 5.56 Å². The van der Waals surface area contributed by atoms with Crippen molar-refractivity contribution in [1.82, 2.24) is 20.1 Å². The van der Waals surface area contributed by atoms with Gasteiger partial charge in [-0.2, -0.15) is 0 Å². The van der Waals surface area contributed by atoms with E-state index in [-0.39, 0.29) is 23.6 Å². The van der Waals surface area contributed by atoms with Gasteiger partial charge in [-0.25, -0.2) is 0 Å². The first-order valence-electron chi connectivity index (χ1n) is 10.4. The van der Waals surface area contributed by atoms with E-state index in [1.165, 1.54) is 0 Å². The molecule has 28 heavy (non-hydrogen) atoms. The van der Waals surface area contributed by atoms with Crippen molar-refractivity contribution in [3.63, 3.8) is 0 Å². The van der Waals surface area contributed by atoms with Crippen molar-refractivity contribution in [2.45, 2.75) is 44.9 Å². The summed E-state index contributed by atoms with van der Waals surface area (Å²) >= 11 is 0. The lowest BCUT2D eigenvalue weighted by molar-refractivity contribution is -0.137. The molecule has 2 aliphatic rings. The van der Waals surface area contributed by atoms with Crippen LogP contribution in [0.3, 0.4) is 0 Å². The minimum atomic E-state index is -0.0638. The van der Waals surface area contributed by atoms with Crippen molar-refractivity contribution >= 4 is 17.7 Å². The fourth-order valence-electron chi connectivity index (χ4n) is 3.93. The normalized spacial score (nSPS) is 20.2. The highest BCUT2D eigenvalue weighted by atomic mass is 16.2. The predicted octanol–water partition coefficient (Wildman–Crippen LogP) is 1.84. The van der Waals surface area contributed by atoms with E-state index in [4.69, 9.17) is 0 Å². The number of carbonyl (C=O) groups is 3. The molecule has 3 rings (SSSR count). The summed E-state index contributed by atoms with van der Waals surface area (Å²) in [6.07, 6.45) is 9.10. The fraction of sp³-hybridized carbons (Fsp3) is 0.619. The molecule has 152 valence electrons. The topological polar surface area (TPSA) is 82.6 Å². The molecule has 0 bridgehead atoms. The third-order valence-corrected chi connectivity index (χ3v) is 5.64. The summed E-state index contributed by atoms with van der Waals surface area (Å²) in [5.74, 6) is 0.0779. The van der Waals surface area contributed by atoms with Gasteiger partial charge in [-0.3, -0.25) is 19.4 Å². The fourth-order valence-corrected chi connectivity index (χ4v) is 3.93. The number of likely N-dealkylation sites (tertiary alicyclic amines) is 1. The number of aromatic nitrogens is 1. The van der Waals surface area contributed by atoms with Gasteiger partial charge < -0.3 is 15.1 Å². The van der Waals surface area contributed by atoms with Crippen molar-refractivity contribution in [1.29, 1.82) is 0 Å². The molecule has 1 aromatic rings. The number of pyridine rings is 1. The second-order valence-corrected chi connectivity index (χ2v) is 7.65. The molecule has 0 aliphatic carbocycles. The van der Waals surface area contributed by atoms with Crippen LogP contribution >= 0.6 is 0 Å². The summed E-state index contributed by atoms with van der Waals surface area (Å²) in [5.41, 5.74) is 0.588. The maximum Gasteiger partial charge on any atom is 0.255 e. The van der Waals surface area contributed by atoms with E-state index in [0.717, 1.165) is 38.8 Å². The highest BCUT2D eigenvalue weighted by molar-refractivity contribution is 5.94. The van der Waals surface area contributed by atoms with Crippen LogP contribution in [-0.4, -0.2) is 65.2 Å². The van der Waals surface area contributed by atoms with Gasteiger partial charge in [-0.1, -0.05) is 12.8 Å². The van der Waals surface area contributed by atoms with E-state index < -0.39 is 0 Å². The number of piperidine rings is 1. The lowest BCUT2D eigenvalue weighted by Crippen LogP contribution is -2.45. The van der Waals surface area contributed by atoms with Gasteiger partial charge in [0.25, 0.3) is 5.91 Å². The molecule has 7 heteroatoms. The molecule has 1 N–H and O–H groups in total. The average Bonchev–Trinajstić information content (AvgIpc) is 2.79. The summed E-state index contributed by atoms with van der Waals surface area (Å²) in [6.45, 7) is 3.10. The van der Waals surface area contributed by atoms with Crippen molar-refractivity contribution in [2.24, 2.45) is 5.92 Å². The number of rotatable bonds is 2. The number of carbonyl (C=O) groups excluding carboxylic acids is 3. The van der Waals surface area contributed by atoms with Gasteiger partial charge in [-0.05, 0) is 37.8 Å². The van der Waals surface area contributed by atoms with E-state index in [9.17, 15) is 14.4 Å². The Morgan fingerprint density at radius 1 is 1.00 bits per heavy atom. The molecular formula is C21H30N4O3. The number of hydrogen-bond acceptors (Lipinski definition) is 4. The Labute approximate surface area is 166 Å². The highest BCUT2D eigenvalue weighted by Gasteiger charge is 2.30. The summed E-state index contributed by atoms with van der Waals surface area (Å²) in [5, 5.41) is 2.93. The van der Waals surface area contributed by atoms with Crippen molar-refractivity contribution in [3.05, 3.63) is 30.1 Å². The highest BCUT2D eigenvalue weighted by Crippen LogP contribution is 2.22. The molecule has 2 aliphatic heterocycles. The smallest absolute Gasteiger partial charge is 0.255 e. The monoisotopic (exact) mass is 386 g/mol. The third kappa shape index (κ3) is 5.53. The van der Waals surface area contributed by atoms with E-state index >= 15 is 0 Å².